The molecule has 0 aromatic carbocycles. The summed E-state index contributed by atoms with van der Waals surface area (Å²) < 4.78 is -1.95. The predicted molar refractivity (Wildman–Crippen MR) is 47.8 cm³/mol. The molecule has 5 heteroatoms. The Morgan fingerprint density at radius 3 is 2.18 bits per heavy atom. The number of Topliss-reactive ketones (excluding diaryl/α,β-unsaturated/α-hetero) is 1. The third-order valence-electron chi connectivity index (χ3n) is 0.808. The van der Waals surface area contributed by atoms with Gasteiger partial charge in [-0.05, 0) is 6.20 Å². The van der Waals surface area contributed by atoms with E-state index in [0.29, 0.717) is 0 Å². The lowest BCUT2D eigenvalue weighted by Gasteiger charge is -2.10. The van der Waals surface area contributed by atoms with E-state index in [1.807, 2.05) is 0 Å². The largest absolute Gasteiger partial charge is 0.360 e. The van der Waals surface area contributed by atoms with E-state index in [-0.39, 0.29) is 5.70 Å². The topological polar surface area (TPSA) is 29.1 Å². The fraction of sp³-hybridized carbons (Fsp3) is 0.167. The van der Waals surface area contributed by atoms with Crippen LogP contribution in [0.1, 0.15) is 0 Å². The summed E-state index contributed by atoms with van der Waals surface area (Å²) >= 11 is 15.8. The molecule has 0 saturated heterocycles. The molecule has 0 fully saturated rings. The summed E-state index contributed by atoms with van der Waals surface area (Å²) in [5.74, 6) is -0.692. The highest BCUT2D eigenvalue weighted by Gasteiger charge is 2.32. The highest BCUT2D eigenvalue weighted by molar-refractivity contribution is 6.77. The van der Waals surface area contributed by atoms with Crippen LogP contribution >= 0.6 is 34.8 Å². The fourth-order valence-corrected chi connectivity index (χ4v) is 0.702. The van der Waals surface area contributed by atoms with E-state index in [1.54, 1.807) is 0 Å². The Hall–Kier alpha value is -0.180. The van der Waals surface area contributed by atoms with Crippen LogP contribution in [0.3, 0.4) is 0 Å². The number of rotatable bonds is 3. The first-order chi connectivity index (χ1) is 4.89. The highest BCUT2D eigenvalue weighted by atomic mass is 35.6. The van der Waals surface area contributed by atoms with Gasteiger partial charge in [-0.3, -0.25) is 4.79 Å². The normalized spacial score (nSPS) is 10.5. The second kappa shape index (κ2) is 4.00. The minimum Gasteiger partial charge on any atom is -0.360 e. The van der Waals surface area contributed by atoms with E-state index in [2.05, 4.69) is 18.5 Å². The SMILES string of the molecule is C=CNC(=C)C(=O)C(Cl)(Cl)Cl. The summed E-state index contributed by atoms with van der Waals surface area (Å²) in [5, 5.41) is 2.42. The van der Waals surface area contributed by atoms with E-state index in [4.69, 9.17) is 34.8 Å². The molecule has 62 valence electrons. The van der Waals surface area contributed by atoms with E-state index in [0.717, 1.165) is 0 Å². The molecule has 0 amide bonds. The number of hydrogen-bond donors (Lipinski definition) is 1. The maximum atomic E-state index is 10.9. The molecular weight excluding hydrogens is 208 g/mol. The molecule has 11 heavy (non-hydrogen) atoms. The van der Waals surface area contributed by atoms with Crippen molar-refractivity contribution in [2.24, 2.45) is 0 Å². The average Bonchev–Trinajstić information content (AvgIpc) is 1.85. The standard InChI is InChI=1S/C6H6Cl3NO/c1-3-10-4(2)5(11)6(7,8)9/h3,10H,1-2H2. The van der Waals surface area contributed by atoms with E-state index >= 15 is 0 Å². The van der Waals surface area contributed by atoms with Crippen LogP contribution in [-0.4, -0.2) is 9.58 Å². The molecular formula is C6H6Cl3NO. The van der Waals surface area contributed by atoms with Gasteiger partial charge in [-0.2, -0.15) is 0 Å². The molecule has 0 unspecified atom stereocenters. The Kier molecular flexibility index (Phi) is 3.93. The van der Waals surface area contributed by atoms with Gasteiger partial charge in [-0.25, -0.2) is 0 Å². The first-order valence-electron chi connectivity index (χ1n) is 2.57. The molecule has 0 radical (unpaired) electrons. The summed E-state index contributed by atoms with van der Waals surface area (Å²) in [6.45, 7) is 6.64. The van der Waals surface area contributed by atoms with Gasteiger partial charge in [0.25, 0.3) is 3.79 Å². The van der Waals surface area contributed by atoms with Gasteiger partial charge in [-0.15, -0.1) is 0 Å². The van der Waals surface area contributed by atoms with Crippen LogP contribution in [0, 0.1) is 0 Å². The quantitative estimate of drug-likeness (QED) is 0.576. The van der Waals surface area contributed by atoms with E-state index in [9.17, 15) is 4.79 Å². The van der Waals surface area contributed by atoms with Crippen LogP contribution in [0.25, 0.3) is 0 Å². The monoisotopic (exact) mass is 213 g/mol. The molecule has 1 N–H and O–H groups in total. The summed E-state index contributed by atoms with van der Waals surface area (Å²) in [4.78, 5) is 10.9. The van der Waals surface area contributed by atoms with Crippen molar-refractivity contribution in [2.75, 3.05) is 0 Å². The number of halogens is 3. The summed E-state index contributed by atoms with van der Waals surface area (Å²) in [5.41, 5.74) is 0.000000000000000444. The molecule has 2 nitrogen and oxygen atoms in total. The Morgan fingerprint density at radius 2 is 1.91 bits per heavy atom. The Bertz CT molecular complexity index is 194. The number of allylic oxidation sites excluding steroid dienone is 1. The zero-order valence-electron chi connectivity index (χ0n) is 5.53. The van der Waals surface area contributed by atoms with Crippen LogP contribution < -0.4 is 5.32 Å². The van der Waals surface area contributed by atoms with Crippen molar-refractivity contribution in [1.82, 2.24) is 5.32 Å². The van der Waals surface area contributed by atoms with Crippen molar-refractivity contribution < 1.29 is 4.79 Å². The zero-order valence-corrected chi connectivity index (χ0v) is 7.80. The number of carbonyl (C=O) groups is 1. The maximum absolute atomic E-state index is 10.9. The lowest BCUT2D eigenvalue weighted by Crippen LogP contribution is -2.26. The van der Waals surface area contributed by atoms with Crippen molar-refractivity contribution in [3.8, 4) is 0 Å². The number of nitrogens with one attached hydrogen (secondary N) is 1. The van der Waals surface area contributed by atoms with Crippen molar-refractivity contribution >= 4 is 40.6 Å². The van der Waals surface area contributed by atoms with Crippen molar-refractivity contribution in [3.05, 3.63) is 25.1 Å². The first kappa shape index (κ1) is 10.8. The van der Waals surface area contributed by atoms with Gasteiger partial charge in [-0.1, -0.05) is 48.0 Å². The number of hydrogen-bond acceptors (Lipinski definition) is 2. The van der Waals surface area contributed by atoms with Gasteiger partial charge < -0.3 is 5.32 Å². The van der Waals surface area contributed by atoms with Crippen LogP contribution in [0.2, 0.25) is 0 Å². The van der Waals surface area contributed by atoms with E-state index in [1.165, 1.54) is 6.20 Å². The maximum Gasteiger partial charge on any atom is 0.254 e. The fourth-order valence-electron chi connectivity index (χ4n) is 0.360. The average molecular weight is 214 g/mol. The lowest BCUT2D eigenvalue weighted by atomic mass is 10.3. The van der Waals surface area contributed by atoms with Crippen molar-refractivity contribution in [1.29, 1.82) is 0 Å². The van der Waals surface area contributed by atoms with Crippen LogP contribution in [0.4, 0.5) is 0 Å². The second-order valence-electron chi connectivity index (χ2n) is 1.65. The van der Waals surface area contributed by atoms with Gasteiger partial charge in [0.05, 0.1) is 5.70 Å². The summed E-state index contributed by atoms with van der Waals surface area (Å²) in [6.07, 6.45) is 1.27. The van der Waals surface area contributed by atoms with Crippen molar-refractivity contribution in [2.45, 2.75) is 3.79 Å². The van der Waals surface area contributed by atoms with Gasteiger partial charge in [0.1, 0.15) is 0 Å². The molecule has 0 saturated carbocycles. The zero-order chi connectivity index (χ0) is 9.07. The smallest absolute Gasteiger partial charge is 0.254 e. The van der Waals surface area contributed by atoms with Crippen LogP contribution in [0.15, 0.2) is 25.1 Å². The number of ketones is 1. The molecule has 0 aliphatic rings. The molecule has 0 aromatic rings. The molecule has 0 bridgehead atoms. The third kappa shape index (κ3) is 3.65. The van der Waals surface area contributed by atoms with Gasteiger partial charge in [0.15, 0.2) is 0 Å². The summed E-state index contributed by atoms with van der Waals surface area (Å²) in [6, 6.07) is 0. The third-order valence-corrected chi connectivity index (χ3v) is 1.32. The minimum absolute atomic E-state index is 0.000000000000000444. The highest BCUT2D eigenvalue weighted by Crippen LogP contribution is 2.28. The van der Waals surface area contributed by atoms with Crippen LogP contribution in [0.5, 0.6) is 0 Å². The Labute approximate surface area is 79.8 Å². The van der Waals surface area contributed by atoms with Crippen LogP contribution in [-0.2, 0) is 4.79 Å². The second-order valence-corrected chi connectivity index (χ2v) is 3.94. The minimum atomic E-state index is -1.95. The summed E-state index contributed by atoms with van der Waals surface area (Å²) in [7, 11) is 0. The molecule has 0 aliphatic heterocycles. The molecule has 0 spiro atoms. The van der Waals surface area contributed by atoms with Gasteiger partial charge in [0.2, 0.25) is 5.78 Å². The van der Waals surface area contributed by atoms with Gasteiger partial charge in [0, 0.05) is 0 Å². The molecule has 0 aromatic heterocycles. The van der Waals surface area contributed by atoms with Crippen molar-refractivity contribution in [3.63, 3.8) is 0 Å². The number of alkyl halides is 3. The van der Waals surface area contributed by atoms with E-state index < -0.39 is 9.58 Å². The molecule has 0 rings (SSSR count). The van der Waals surface area contributed by atoms with Gasteiger partial charge >= 0.3 is 0 Å². The first-order valence-corrected chi connectivity index (χ1v) is 3.71. The molecule has 0 atom stereocenters. The number of carbonyl (C=O) groups excluding carboxylic acids is 1. The Balaban J connectivity index is 4.26. The molecule has 0 aliphatic carbocycles. The lowest BCUT2D eigenvalue weighted by molar-refractivity contribution is -0.115. The molecule has 0 heterocycles. The Morgan fingerprint density at radius 1 is 1.45 bits per heavy atom. The predicted octanol–water partition coefficient (Wildman–Crippen LogP) is 2.17.